The Bertz CT molecular complexity index is 967. The first-order valence-electron chi connectivity index (χ1n) is 11.4. The van der Waals surface area contributed by atoms with E-state index in [-0.39, 0.29) is 11.9 Å². The van der Waals surface area contributed by atoms with Crippen molar-refractivity contribution in [2.24, 2.45) is 5.92 Å². The number of thiazole rings is 1. The first-order valence-corrected chi connectivity index (χ1v) is 13.4. The van der Waals surface area contributed by atoms with Crippen LogP contribution in [0, 0.1) is 12.8 Å². The molecule has 2 aromatic heterocycles. The van der Waals surface area contributed by atoms with Gasteiger partial charge in [-0.2, -0.15) is 11.8 Å². The summed E-state index contributed by atoms with van der Waals surface area (Å²) >= 11 is 3.66. The minimum Gasteiger partial charge on any atom is -0.326 e. The highest BCUT2D eigenvalue weighted by molar-refractivity contribution is 7.99. The van der Waals surface area contributed by atoms with Crippen LogP contribution in [0.2, 0.25) is 0 Å². The van der Waals surface area contributed by atoms with E-state index in [9.17, 15) is 4.39 Å². The molecule has 4 nitrogen and oxygen atoms in total. The zero-order valence-electron chi connectivity index (χ0n) is 19.7. The second kappa shape index (κ2) is 12.0. The molecular weight excluding hydrogens is 439 g/mol. The normalized spacial score (nSPS) is 17.3. The van der Waals surface area contributed by atoms with Gasteiger partial charge >= 0.3 is 0 Å². The number of thioether (sulfide) groups is 1. The number of aryl methyl sites for hydroxylation is 1. The third-order valence-electron chi connectivity index (χ3n) is 6.05. The van der Waals surface area contributed by atoms with Gasteiger partial charge in [0, 0.05) is 23.8 Å². The number of halogens is 1. The molecule has 0 bridgehead atoms. The lowest BCUT2D eigenvalue weighted by atomic mass is 9.96. The second-order valence-electron chi connectivity index (χ2n) is 8.41. The van der Waals surface area contributed by atoms with E-state index in [1.54, 1.807) is 17.4 Å². The zero-order chi connectivity index (χ0) is 23.1. The molecule has 1 fully saturated rings. The van der Waals surface area contributed by atoms with Gasteiger partial charge in [-0.25, -0.2) is 14.4 Å². The third-order valence-corrected chi connectivity index (χ3v) is 7.96. The molecule has 1 atom stereocenters. The number of nitrogens with zero attached hydrogens (tertiary/aromatic N) is 3. The summed E-state index contributed by atoms with van der Waals surface area (Å²) in [5, 5.41) is 6.34. The molecule has 0 aliphatic carbocycles. The molecule has 7 heteroatoms. The highest BCUT2D eigenvalue weighted by Crippen LogP contribution is 2.33. The summed E-state index contributed by atoms with van der Waals surface area (Å²) in [6.07, 6.45) is 9.23. The molecule has 0 spiro atoms. The van der Waals surface area contributed by atoms with Crippen LogP contribution >= 0.6 is 23.1 Å². The maximum absolute atomic E-state index is 14.2. The summed E-state index contributed by atoms with van der Waals surface area (Å²) in [5.74, 6) is 3.81. The third kappa shape index (κ3) is 6.00. The topological polar surface area (TPSA) is 42.7 Å². The molecule has 1 aliphatic rings. The minimum absolute atomic E-state index is 0.183. The van der Waals surface area contributed by atoms with Gasteiger partial charge in [-0.05, 0) is 75.3 Å². The lowest BCUT2D eigenvalue weighted by Gasteiger charge is -2.23. The largest absolute Gasteiger partial charge is 0.326 e. The van der Waals surface area contributed by atoms with Gasteiger partial charge in [-0.3, -0.25) is 0 Å². The van der Waals surface area contributed by atoms with Gasteiger partial charge in [0.1, 0.15) is 5.83 Å². The number of imidazole rings is 1. The molecule has 0 saturated carbocycles. The molecule has 1 aliphatic heterocycles. The van der Waals surface area contributed by atoms with Crippen LogP contribution in [0.5, 0.6) is 0 Å². The van der Waals surface area contributed by atoms with Crippen LogP contribution in [0.15, 0.2) is 47.3 Å². The molecule has 1 saturated heterocycles. The Labute approximate surface area is 200 Å². The van der Waals surface area contributed by atoms with Gasteiger partial charge in [0.15, 0.2) is 10.8 Å². The van der Waals surface area contributed by atoms with Gasteiger partial charge in [0.2, 0.25) is 0 Å². The maximum Gasteiger partial charge on any atom is 0.169 e. The van der Waals surface area contributed by atoms with Crippen molar-refractivity contribution in [3.8, 4) is 10.8 Å². The second-order valence-corrected chi connectivity index (χ2v) is 10.5. The van der Waals surface area contributed by atoms with Crippen LogP contribution in [0.1, 0.15) is 57.0 Å². The predicted octanol–water partition coefficient (Wildman–Crippen LogP) is 6.87. The van der Waals surface area contributed by atoms with Gasteiger partial charge in [0.05, 0.1) is 11.7 Å². The molecular formula is C25H35FN4S2. The van der Waals surface area contributed by atoms with E-state index in [0.717, 1.165) is 47.1 Å². The van der Waals surface area contributed by atoms with Gasteiger partial charge in [0.25, 0.3) is 0 Å². The molecule has 0 aromatic carbocycles. The summed E-state index contributed by atoms with van der Waals surface area (Å²) in [7, 11) is 1.90. The molecule has 1 unspecified atom stereocenters. The van der Waals surface area contributed by atoms with Crippen molar-refractivity contribution in [2.45, 2.75) is 59.0 Å². The van der Waals surface area contributed by atoms with Crippen LogP contribution in [0.3, 0.4) is 0 Å². The van der Waals surface area contributed by atoms with Crippen LogP contribution in [0.4, 0.5) is 4.39 Å². The standard InChI is InChI=1S/C25H35FN4S2/c1-6-8-17(3)21(13-20(26)7-2)23(27-5)22-16-32-25(29-22)24-28-14-18(4)30(24)15-19-9-11-31-12-10-19/h7,13-14,16,19,23,27H,2,6,8-12,15H2,1,3-5H3/b20-13+,21-17-. The van der Waals surface area contributed by atoms with Crippen LogP contribution < -0.4 is 5.32 Å². The van der Waals surface area contributed by atoms with Crippen LogP contribution in [-0.2, 0) is 6.54 Å². The number of nitrogens with one attached hydrogen (secondary N) is 1. The van der Waals surface area contributed by atoms with Crippen molar-refractivity contribution in [1.82, 2.24) is 19.9 Å². The highest BCUT2D eigenvalue weighted by atomic mass is 32.2. The van der Waals surface area contributed by atoms with Gasteiger partial charge < -0.3 is 9.88 Å². The van der Waals surface area contributed by atoms with Crippen molar-refractivity contribution in [1.29, 1.82) is 0 Å². The first kappa shape index (κ1) is 24.9. The van der Waals surface area contributed by atoms with E-state index in [0.29, 0.717) is 5.92 Å². The molecule has 0 radical (unpaired) electrons. The molecule has 2 aromatic rings. The van der Waals surface area contributed by atoms with Crippen molar-refractivity contribution in [3.63, 3.8) is 0 Å². The van der Waals surface area contributed by atoms with E-state index < -0.39 is 0 Å². The quantitative estimate of drug-likeness (QED) is 0.381. The monoisotopic (exact) mass is 474 g/mol. The van der Waals surface area contributed by atoms with Crippen molar-refractivity contribution >= 4 is 23.1 Å². The fourth-order valence-electron chi connectivity index (χ4n) is 4.21. The minimum atomic E-state index is -0.331. The lowest BCUT2D eigenvalue weighted by Crippen LogP contribution is -2.20. The predicted molar refractivity (Wildman–Crippen MR) is 137 cm³/mol. The number of aromatic nitrogens is 3. The average molecular weight is 475 g/mol. The fraction of sp³-hybridized carbons (Fsp3) is 0.520. The van der Waals surface area contributed by atoms with Crippen molar-refractivity contribution in [2.75, 3.05) is 18.6 Å². The Morgan fingerprint density at radius 3 is 2.81 bits per heavy atom. The first-order chi connectivity index (χ1) is 15.5. The number of hydrogen-bond donors (Lipinski definition) is 1. The Hall–Kier alpha value is -1.70. The SMILES string of the molecule is C=C/C(F)=C\C(=C(/C)CCC)C(NC)c1csc(-c2ncc(C)n2CC2CCSCC2)n1. The molecule has 1 N–H and O–H groups in total. The van der Waals surface area contributed by atoms with Gasteiger partial charge in [-0.15, -0.1) is 11.3 Å². The number of likely N-dealkylation sites (N-methyl/N-ethyl adjacent to an activating group) is 1. The fourth-order valence-corrected chi connectivity index (χ4v) is 6.26. The van der Waals surface area contributed by atoms with Crippen LogP contribution in [-0.4, -0.2) is 33.1 Å². The molecule has 3 heterocycles. The lowest BCUT2D eigenvalue weighted by molar-refractivity contribution is 0.415. The highest BCUT2D eigenvalue weighted by Gasteiger charge is 2.23. The summed E-state index contributed by atoms with van der Waals surface area (Å²) in [6, 6.07) is -0.183. The zero-order valence-corrected chi connectivity index (χ0v) is 21.3. The van der Waals surface area contributed by atoms with E-state index in [2.05, 4.69) is 54.4 Å². The number of rotatable bonds is 10. The molecule has 174 valence electrons. The Kier molecular flexibility index (Phi) is 9.32. The Morgan fingerprint density at radius 1 is 1.41 bits per heavy atom. The van der Waals surface area contributed by atoms with Gasteiger partial charge in [-0.1, -0.05) is 25.5 Å². The van der Waals surface area contributed by atoms with E-state index in [4.69, 9.17) is 9.97 Å². The maximum atomic E-state index is 14.2. The van der Waals surface area contributed by atoms with Crippen molar-refractivity contribution in [3.05, 3.63) is 58.7 Å². The van der Waals surface area contributed by atoms with E-state index >= 15 is 0 Å². The van der Waals surface area contributed by atoms with Crippen LogP contribution in [0.25, 0.3) is 10.8 Å². The number of hydrogen-bond acceptors (Lipinski definition) is 5. The summed E-state index contributed by atoms with van der Waals surface area (Å²) in [5.41, 5.74) is 4.15. The Balaban J connectivity index is 1.93. The number of allylic oxidation sites excluding steroid dienone is 3. The summed E-state index contributed by atoms with van der Waals surface area (Å²) < 4.78 is 16.5. The molecule has 3 rings (SSSR count). The molecule has 0 amide bonds. The van der Waals surface area contributed by atoms with E-state index in [1.807, 2.05) is 13.2 Å². The Morgan fingerprint density at radius 2 is 2.16 bits per heavy atom. The molecule has 32 heavy (non-hydrogen) atoms. The summed E-state index contributed by atoms with van der Waals surface area (Å²) in [4.78, 5) is 9.68. The van der Waals surface area contributed by atoms with Crippen molar-refractivity contribution < 1.29 is 4.39 Å². The smallest absolute Gasteiger partial charge is 0.169 e. The van der Waals surface area contributed by atoms with E-state index in [1.165, 1.54) is 36.1 Å². The summed E-state index contributed by atoms with van der Waals surface area (Å²) in [6.45, 7) is 10.9. The average Bonchev–Trinajstić information content (AvgIpc) is 3.41.